The summed E-state index contributed by atoms with van der Waals surface area (Å²) in [5.74, 6) is 6.72. The minimum absolute atomic E-state index is 0.0484. The second-order valence-corrected chi connectivity index (χ2v) is 7.72. The number of carbonyl (C=O) groups is 2. The fourth-order valence-electron chi connectivity index (χ4n) is 2.69. The fourth-order valence-corrected chi connectivity index (χ4v) is 3.34. The maximum absolute atomic E-state index is 12.3. The minimum atomic E-state index is -0.437. The summed E-state index contributed by atoms with van der Waals surface area (Å²) >= 11 is 1.16. The van der Waals surface area contributed by atoms with Crippen molar-refractivity contribution in [3.8, 4) is 17.1 Å². The smallest absolute Gasteiger partial charge is 0.337 e. The van der Waals surface area contributed by atoms with E-state index in [4.69, 9.17) is 10.6 Å². The van der Waals surface area contributed by atoms with Gasteiger partial charge in [0.2, 0.25) is 11.1 Å². The molecule has 0 atom stereocenters. The van der Waals surface area contributed by atoms with Crippen molar-refractivity contribution in [1.82, 2.24) is 14.9 Å². The van der Waals surface area contributed by atoms with Crippen LogP contribution in [-0.2, 0) is 9.53 Å². The molecule has 0 aliphatic rings. The second kappa shape index (κ2) is 9.98. The third-order valence-corrected chi connectivity index (χ3v) is 4.99. The maximum Gasteiger partial charge on any atom is 0.337 e. The molecule has 0 bridgehead atoms. The van der Waals surface area contributed by atoms with E-state index in [9.17, 15) is 9.59 Å². The van der Waals surface area contributed by atoms with Gasteiger partial charge in [-0.15, -0.1) is 10.2 Å². The van der Waals surface area contributed by atoms with Crippen LogP contribution in [0.1, 0.15) is 24.2 Å². The Morgan fingerprint density at radius 2 is 1.90 bits per heavy atom. The van der Waals surface area contributed by atoms with E-state index < -0.39 is 5.97 Å². The summed E-state index contributed by atoms with van der Waals surface area (Å²) in [6.45, 7) is 3.90. The number of hydrogen-bond acceptors (Lipinski definition) is 8. The predicted molar refractivity (Wildman–Crippen MR) is 119 cm³/mol. The van der Waals surface area contributed by atoms with Crippen molar-refractivity contribution >= 4 is 29.3 Å². The molecule has 31 heavy (non-hydrogen) atoms. The van der Waals surface area contributed by atoms with E-state index in [0.717, 1.165) is 17.3 Å². The molecule has 0 unspecified atom stereocenters. The van der Waals surface area contributed by atoms with Crippen molar-refractivity contribution < 1.29 is 19.1 Å². The Morgan fingerprint density at radius 3 is 2.58 bits per heavy atom. The maximum atomic E-state index is 12.3. The third-order valence-electron chi connectivity index (χ3n) is 4.05. The predicted octanol–water partition coefficient (Wildman–Crippen LogP) is 2.96. The van der Waals surface area contributed by atoms with E-state index in [1.807, 2.05) is 38.1 Å². The number of esters is 1. The normalized spacial score (nSPS) is 10.7. The second-order valence-electron chi connectivity index (χ2n) is 6.78. The lowest BCUT2D eigenvalue weighted by molar-refractivity contribution is -0.113. The average molecular weight is 442 g/mol. The molecule has 2 aromatic carbocycles. The molecular formula is C21H23N5O4S. The molecule has 0 spiro atoms. The van der Waals surface area contributed by atoms with Crippen LogP contribution in [-0.4, -0.2) is 45.7 Å². The Balaban J connectivity index is 1.61. The molecule has 0 aliphatic carbocycles. The summed E-state index contributed by atoms with van der Waals surface area (Å²) in [5, 5.41) is 11.4. The summed E-state index contributed by atoms with van der Waals surface area (Å²) in [6, 6.07) is 13.8. The zero-order chi connectivity index (χ0) is 22.4. The van der Waals surface area contributed by atoms with Gasteiger partial charge in [0.25, 0.3) is 0 Å². The lowest BCUT2D eigenvalue weighted by atomic mass is 10.2. The highest BCUT2D eigenvalue weighted by Crippen LogP contribution is 2.25. The van der Waals surface area contributed by atoms with Crippen LogP contribution in [0.5, 0.6) is 5.75 Å². The number of ether oxygens (including phenoxy) is 2. The first-order valence-corrected chi connectivity index (χ1v) is 10.4. The number of amides is 1. The van der Waals surface area contributed by atoms with Gasteiger partial charge in [0, 0.05) is 11.3 Å². The number of anilines is 1. The summed E-state index contributed by atoms with van der Waals surface area (Å²) in [6.07, 6.45) is 0.0484. The highest BCUT2D eigenvalue weighted by atomic mass is 32.2. The summed E-state index contributed by atoms with van der Waals surface area (Å²) in [5.41, 5.74) is 1.73. The molecule has 9 nitrogen and oxygen atoms in total. The van der Waals surface area contributed by atoms with E-state index in [1.54, 1.807) is 24.3 Å². The molecule has 1 aromatic heterocycles. The van der Waals surface area contributed by atoms with Crippen molar-refractivity contribution in [2.45, 2.75) is 25.1 Å². The first-order chi connectivity index (χ1) is 14.9. The SMILES string of the molecule is COC(=O)c1ccc(NC(=O)CSc2nnc(-c3cccc(OC(C)C)c3)n2N)cc1. The third kappa shape index (κ3) is 5.76. The molecule has 0 fully saturated rings. The number of carbonyl (C=O) groups excluding carboxylic acids is 2. The number of aromatic nitrogens is 3. The van der Waals surface area contributed by atoms with Gasteiger partial charge in [-0.05, 0) is 50.2 Å². The van der Waals surface area contributed by atoms with Crippen molar-refractivity contribution in [2.24, 2.45) is 0 Å². The monoisotopic (exact) mass is 441 g/mol. The van der Waals surface area contributed by atoms with E-state index in [2.05, 4.69) is 20.3 Å². The van der Waals surface area contributed by atoms with E-state index in [1.165, 1.54) is 11.8 Å². The molecular weight excluding hydrogens is 418 g/mol. The number of nitrogen functional groups attached to an aromatic ring is 1. The van der Waals surface area contributed by atoms with Crippen LogP contribution in [0.2, 0.25) is 0 Å². The fraction of sp³-hybridized carbons (Fsp3) is 0.238. The van der Waals surface area contributed by atoms with Gasteiger partial charge in [0.1, 0.15) is 5.75 Å². The minimum Gasteiger partial charge on any atom is -0.491 e. The summed E-state index contributed by atoms with van der Waals surface area (Å²) in [4.78, 5) is 23.7. The molecule has 0 aliphatic heterocycles. The van der Waals surface area contributed by atoms with Crippen LogP contribution in [0, 0.1) is 0 Å². The van der Waals surface area contributed by atoms with Gasteiger partial charge in [0.15, 0.2) is 5.82 Å². The molecule has 0 saturated heterocycles. The zero-order valence-electron chi connectivity index (χ0n) is 17.4. The Labute approximate surface area is 183 Å². The number of nitrogens with one attached hydrogen (secondary N) is 1. The standard InChI is InChI=1S/C21H23N5O4S/c1-13(2)30-17-6-4-5-15(11-17)19-24-25-21(26(19)22)31-12-18(27)23-16-9-7-14(8-10-16)20(28)29-3/h4-11,13H,12,22H2,1-3H3,(H,23,27). The lowest BCUT2D eigenvalue weighted by Crippen LogP contribution is -2.16. The number of hydrogen-bond donors (Lipinski definition) is 2. The topological polar surface area (TPSA) is 121 Å². The van der Waals surface area contributed by atoms with Gasteiger partial charge in [-0.3, -0.25) is 4.79 Å². The van der Waals surface area contributed by atoms with Gasteiger partial charge in [-0.1, -0.05) is 23.9 Å². The van der Waals surface area contributed by atoms with Crippen LogP contribution >= 0.6 is 11.8 Å². The van der Waals surface area contributed by atoms with Gasteiger partial charge in [0.05, 0.1) is 24.5 Å². The van der Waals surface area contributed by atoms with Gasteiger partial charge >= 0.3 is 5.97 Å². The summed E-state index contributed by atoms with van der Waals surface area (Å²) in [7, 11) is 1.31. The summed E-state index contributed by atoms with van der Waals surface area (Å²) < 4.78 is 11.7. The molecule has 1 heterocycles. The number of thioether (sulfide) groups is 1. The molecule has 162 valence electrons. The van der Waals surface area contributed by atoms with Crippen LogP contribution in [0.25, 0.3) is 11.4 Å². The largest absolute Gasteiger partial charge is 0.491 e. The van der Waals surface area contributed by atoms with Crippen LogP contribution < -0.4 is 15.9 Å². The number of nitrogens with two attached hydrogens (primary N) is 1. The molecule has 3 rings (SSSR count). The first kappa shape index (κ1) is 22.2. The number of benzene rings is 2. The van der Waals surface area contributed by atoms with Crippen molar-refractivity contribution in [1.29, 1.82) is 0 Å². The molecule has 3 aromatic rings. The van der Waals surface area contributed by atoms with Crippen LogP contribution in [0.4, 0.5) is 5.69 Å². The number of methoxy groups -OCH3 is 1. The highest BCUT2D eigenvalue weighted by molar-refractivity contribution is 7.99. The van der Waals surface area contributed by atoms with Gasteiger partial charge in [-0.2, -0.15) is 0 Å². The molecule has 10 heteroatoms. The van der Waals surface area contributed by atoms with Crippen LogP contribution in [0.3, 0.4) is 0 Å². The van der Waals surface area contributed by atoms with Gasteiger partial charge < -0.3 is 20.6 Å². The van der Waals surface area contributed by atoms with Crippen LogP contribution in [0.15, 0.2) is 53.7 Å². The molecule has 0 radical (unpaired) electrons. The molecule has 1 amide bonds. The van der Waals surface area contributed by atoms with E-state index >= 15 is 0 Å². The van der Waals surface area contributed by atoms with Crippen molar-refractivity contribution in [3.05, 3.63) is 54.1 Å². The van der Waals surface area contributed by atoms with Crippen molar-refractivity contribution in [3.63, 3.8) is 0 Å². The van der Waals surface area contributed by atoms with Crippen molar-refractivity contribution in [2.75, 3.05) is 24.0 Å². The Hall–Kier alpha value is -3.53. The Bertz CT molecular complexity index is 1070. The average Bonchev–Trinajstić information content (AvgIpc) is 3.12. The van der Waals surface area contributed by atoms with E-state index in [-0.39, 0.29) is 17.8 Å². The first-order valence-electron chi connectivity index (χ1n) is 9.46. The Morgan fingerprint density at radius 1 is 1.16 bits per heavy atom. The molecule has 3 N–H and O–H groups in total. The quantitative estimate of drug-likeness (QED) is 0.311. The number of rotatable bonds is 8. The number of nitrogens with zero attached hydrogens (tertiary/aromatic N) is 3. The Kier molecular flexibility index (Phi) is 7.14. The zero-order valence-corrected chi connectivity index (χ0v) is 18.2. The van der Waals surface area contributed by atoms with E-state index in [0.29, 0.717) is 28.0 Å². The highest BCUT2D eigenvalue weighted by Gasteiger charge is 2.15. The molecule has 0 saturated carbocycles. The van der Waals surface area contributed by atoms with Gasteiger partial charge in [-0.25, -0.2) is 9.47 Å². The lowest BCUT2D eigenvalue weighted by Gasteiger charge is -2.10.